The minimum atomic E-state index is 0. The molecule has 0 fully saturated rings. The fourth-order valence-corrected chi connectivity index (χ4v) is 5.37. The molecule has 1 heterocycles. The van der Waals surface area contributed by atoms with Gasteiger partial charge in [0.15, 0.2) is 0 Å². The van der Waals surface area contributed by atoms with Crippen LogP contribution in [0.3, 0.4) is 0 Å². The standard InChI is InChI=1S/C26H25O.Zr/c1-25(2)16-26(3,4)24-21(25)15-18-13-19(22-11-8-12-27-22)14-20(18)23(24)17-9-6-5-7-10-17;/h5-15H,16H2,1-4H3;/q-1;. The summed E-state index contributed by atoms with van der Waals surface area (Å²) < 4.78 is 5.68. The van der Waals surface area contributed by atoms with E-state index in [0.717, 1.165) is 11.3 Å². The summed E-state index contributed by atoms with van der Waals surface area (Å²) >= 11 is 0. The van der Waals surface area contributed by atoms with Gasteiger partial charge in [0, 0.05) is 26.2 Å². The fraction of sp³-hybridized carbons (Fsp3) is 0.269. The Hall–Kier alpha value is -1.79. The van der Waals surface area contributed by atoms with Gasteiger partial charge in [-0.25, -0.2) is 0 Å². The van der Waals surface area contributed by atoms with Gasteiger partial charge in [-0.3, -0.25) is 0 Å². The van der Waals surface area contributed by atoms with Crippen LogP contribution in [0.25, 0.3) is 33.2 Å². The summed E-state index contributed by atoms with van der Waals surface area (Å²) in [6.45, 7) is 9.57. The Balaban J connectivity index is 0.00000192. The predicted molar refractivity (Wildman–Crippen MR) is 113 cm³/mol. The van der Waals surface area contributed by atoms with Crippen LogP contribution in [0.5, 0.6) is 0 Å². The Morgan fingerprint density at radius 1 is 0.893 bits per heavy atom. The Morgan fingerprint density at radius 2 is 1.64 bits per heavy atom. The second-order valence-corrected chi connectivity index (χ2v) is 9.21. The molecule has 5 rings (SSSR count). The quantitative estimate of drug-likeness (QED) is 0.293. The monoisotopic (exact) mass is 443 g/mol. The predicted octanol–water partition coefficient (Wildman–Crippen LogP) is 7.44. The molecule has 4 aromatic rings. The second kappa shape index (κ2) is 6.63. The summed E-state index contributed by atoms with van der Waals surface area (Å²) in [5.41, 5.74) is 7.21. The maximum atomic E-state index is 5.68. The van der Waals surface area contributed by atoms with Crippen molar-refractivity contribution in [2.24, 2.45) is 0 Å². The van der Waals surface area contributed by atoms with Crippen molar-refractivity contribution in [3.8, 4) is 22.5 Å². The molecule has 140 valence electrons. The van der Waals surface area contributed by atoms with E-state index in [9.17, 15) is 0 Å². The van der Waals surface area contributed by atoms with Crippen molar-refractivity contribution >= 4 is 10.8 Å². The van der Waals surface area contributed by atoms with Crippen LogP contribution in [-0.4, -0.2) is 0 Å². The molecule has 1 aliphatic rings. The molecule has 0 spiro atoms. The smallest absolute Gasteiger partial charge is 0.0796 e. The molecule has 0 N–H and O–H groups in total. The summed E-state index contributed by atoms with van der Waals surface area (Å²) in [6, 6.07) is 21.9. The number of hydrogen-bond donors (Lipinski definition) is 0. The van der Waals surface area contributed by atoms with E-state index >= 15 is 0 Å². The summed E-state index contributed by atoms with van der Waals surface area (Å²) in [4.78, 5) is 0. The molecule has 0 amide bonds. The first-order chi connectivity index (χ1) is 12.9. The van der Waals surface area contributed by atoms with Crippen LogP contribution in [0.15, 0.2) is 71.3 Å². The SMILES string of the molecule is CC1(C)CC(C)(C)c2c1cc1[cH-]c(-c3ccco3)cc1c2-c1ccccc1.[Zr]. The molecule has 1 aliphatic carbocycles. The molecule has 0 radical (unpaired) electrons. The van der Waals surface area contributed by atoms with Crippen LogP contribution < -0.4 is 0 Å². The maximum Gasteiger partial charge on any atom is 0.0796 e. The topological polar surface area (TPSA) is 13.1 Å². The number of hydrogen-bond acceptors (Lipinski definition) is 1. The molecule has 1 aromatic heterocycles. The molecule has 2 heteroatoms. The molecule has 1 nitrogen and oxygen atoms in total. The van der Waals surface area contributed by atoms with Crippen LogP contribution in [-0.2, 0) is 37.0 Å². The summed E-state index contributed by atoms with van der Waals surface area (Å²) in [7, 11) is 0. The van der Waals surface area contributed by atoms with Crippen molar-refractivity contribution in [1.82, 2.24) is 0 Å². The van der Waals surface area contributed by atoms with E-state index in [2.05, 4.69) is 76.2 Å². The van der Waals surface area contributed by atoms with Crippen LogP contribution in [0.1, 0.15) is 45.2 Å². The zero-order valence-electron chi connectivity index (χ0n) is 17.0. The van der Waals surface area contributed by atoms with Crippen molar-refractivity contribution < 1.29 is 30.6 Å². The van der Waals surface area contributed by atoms with Gasteiger partial charge in [-0.05, 0) is 40.0 Å². The van der Waals surface area contributed by atoms with Gasteiger partial charge in [0.05, 0.1) is 12.0 Å². The average Bonchev–Trinajstić information content (AvgIpc) is 3.32. The first kappa shape index (κ1) is 19.5. The van der Waals surface area contributed by atoms with E-state index in [0.29, 0.717) is 0 Å². The average molecular weight is 445 g/mol. The molecule has 0 bridgehead atoms. The van der Waals surface area contributed by atoms with Crippen LogP contribution in [0.2, 0.25) is 0 Å². The molecule has 28 heavy (non-hydrogen) atoms. The Morgan fingerprint density at radius 3 is 2.32 bits per heavy atom. The van der Waals surface area contributed by atoms with Gasteiger partial charge < -0.3 is 4.42 Å². The number of fused-ring (bicyclic) bond motifs is 2. The molecular weight excluding hydrogens is 420 g/mol. The first-order valence-electron chi connectivity index (χ1n) is 9.75. The van der Waals surface area contributed by atoms with Crippen molar-refractivity contribution in [2.75, 3.05) is 0 Å². The second-order valence-electron chi connectivity index (χ2n) is 9.21. The van der Waals surface area contributed by atoms with Gasteiger partial charge in [0.25, 0.3) is 0 Å². The summed E-state index contributed by atoms with van der Waals surface area (Å²) in [6.07, 6.45) is 2.92. The van der Waals surface area contributed by atoms with Gasteiger partial charge in [-0.1, -0.05) is 75.2 Å². The molecule has 0 saturated carbocycles. The van der Waals surface area contributed by atoms with Crippen molar-refractivity contribution in [1.29, 1.82) is 0 Å². The van der Waals surface area contributed by atoms with E-state index in [4.69, 9.17) is 4.42 Å². The molecular formula is C26H25OZr-. The third-order valence-electron chi connectivity index (χ3n) is 6.17. The van der Waals surface area contributed by atoms with E-state index in [1.807, 2.05) is 12.1 Å². The molecule has 0 atom stereocenters. The normalized spacial score (nSPS) is 16.7. The zero-order valence-corrected chi connectivity index (χ0v) is 19.4. The van der Waals surface area contributed by atoms with Crippen LogP contribution >= 0.6 is 0 Å². The van der Waals surface area contributed by atoms with Crippen molar-refractivity contribution in [2.45, 2.75) is 44.9 Å². The zero-order chi connectivity index (χ0) is 18.8. The molecule has 3 aromatic carbocycles. The maximum absolute atomic E-state index is 5.68. The van der Waals surface area contributed by atoms with E-state index in [-0.39, 0.29) is 37.0 Å². The van der Waals surface area contributed by atoms with Crippen molar-refractivity contribution in [3.63, 3.8) is 0 Å². The number of rotatable bonds is 2. The van der Waals surface area contributed by atoms with Gasteiger partial charge in [0.1, 0.15) is 0 Å². The third kappa shape index (κ3) is 2.89. The minimum Gasteiger partial charge on any atom is -0.499 e. The van der Waals surface area contributed by atoms with Crippen LogP contribution in [0.4, 0.5) is 0 Å². The minimum absolute atomic E-state index is 0. The Bertz CT molecular complexity index is 1130. The van der Waals surface area contributed by atoms with Gasteiger partial charge >= 0.3 is 0 Å². The summed E-state index contributed by atoms with van der Waals surface area (Å²) in [5.74, 6) is 0.934. The van der Waals surface area contributed by atoms with E-state index < -0.39 is 0 Å². The number of benzene rings is 2. The van der Waals surface area contributed by atoms with E-state index in [1.54, 1.807) is 6.26 Å². The van der Waals surface area contributed by atoms with Gasteiger partial charge in [-0.15, -0.1) is 29.0 Å². The molecule has 0 saturated heterocycles. The van der Waals surface area contributed by atoms with E-state index in [1.165, 1.54) is 39.4 Å². The molecule has 0 unspecified atom stereocenters. The van der Waals surface area contributed by atoms with Crippen LogP contribution in [0, 0.1) is 0 Å². The van der Waals surface area contributed by atoms with Gasteiger partial charge in [-0.2, -0.15) is 0 Å². The Labute approximate surface area is 186 Å². The number of furan rings is 1. The largest absolute Gasteiger partial charge is 0.499 e. The Kier molecular flexibility index (Phi) is 4.62. The molecule has 0 aliphatic heterocycles. The van der Waals surface area contributed by atoms with Gasteiger partial charge in [0.2, 0.25) is 0 Å². The van der Waals surface area contributed by atoms with Crippen molar-refractivity contribution in [3.05, 3.63) is 78.1 Å². The first-order valence-corrected chi connectivity index (χ1v) is 9.75. The fourth-order valence-electron chi connectivity index (χ4n) is 5.37. The third-order valence-corrected chi connectivity index (χ3v) is 6.17. The summed E-state index contributed by atoms with van der Waals surface area (Å²) in [5, 5.41) is 2.64.